The van der Waals surface area contributed by atoms with Crippen molar-refractivity contribution in [1.29, 1.82) is 0 Å². The Morgan fingerprint density at radius 2 is 2.14 bits per heavy atom. The van der Waals surface area contributed by atoms with E-state index in [1.54, 1.807) is 0 Å². The molecule has 29 heavy (non-hydrogen) atoms. The molecule has 6 nitrogen and oxygen atoms in total. The van der Waals surface area contributed by atoms with Gasteiger partial charge in [0.2, 0.25) is 0 Å². The quantitative estimate of drug-likeness (QED) is 0.322. The molecule has 1 fully saturated rings. The van der Waals surface area contributed by atoms with Crippen LogP contribution in [0.2, 0.25) is 0 Å². The maximum Gasteiger partial charge on any atom is 0.120 e. The van der Waals surface area contributed by atoms with Gasteiger partial charge in [-0.05, 0) is 44.2 Å². The van der Waals surface area contributed by atoms with Gasteiger partial charge in [0.1, 0.15) is 6.29 Å². The van der Waals surface area contributed by atoms with Crippen molar-refractivity contribution in [2.45, 2.75) is 64.0 Å². The van der Waals surface area contributed by atoms with E-state index in [1.165, 1.54) is 32.1 Å². The first kappa shape index (κ1) is 24.1. The van der Waals surface area contributed by atoms with E-state index in [-0.39, 0.29) is 18.6 Å². The summed E-state index contributed by atoms with van der Waals surface area (Å²) in [5, 5.41) is 16.1. The molecule has 6 heteroatoms. The SMILES string of the molecule is CC(COC1C=CC(NCNC2CCCCC2)=CC(CC=O)C1)CN(C)CCO. The van der Waals surface area contributed by atoms with Gasteiger partial charge >= 0.3 is 0 Å². The fraction of sp³-hybridized carbons (Fsp3) is 0.783. The van der Waals surface area contributed by atoms with Crippen LogP contribution < -0.4 is 10.6 Å². The van der Waals surface area contributed by atoms with Crippen LogP contribution in [0.15, 0.2) is 23.9 Å². The molecule has 0 radical (unpaired) electrons. The standard InChI is InChI=1S/C23H41N3O3/c1-19(16-26(2)11-13-28)17-29-23-9-8-22(14-20(15-23)10-12-27)25-18-24-21-6-4-3-5-7-21/h8-9,12,14,19-21,23-25,28H,3-7,10-11,13,15-18H2,1-2H3. The summed E-state index contributed by atoms with van der Waals surface area (Å²) in [5.41, 5.74) is 1.07. The van der Waals surface area contributed by atoms with Gasteiger partial charge in [0, 0.05) is 31.2 Å². The number of nitrogens with one attached hydrogen (secondary N) is 2. The maximum atomic E-state index is 11.1. The van der Waals surface area contributed by atoms with Crippen molar-refractivity contribution in [3.8, 4) is 0 Å². The van der Waals surface area contributed by atoms with Gasteiger partial charge < -0.3 is 24.9 Å². The largest absolute Gasteiger partial charge is 0.395 e. The highest BCUT2D eigenvalue weighted by atomic mass is 16.5. The van der Waals surface area contributed by atoms with Crippen LogP contribution in [0.25, 0.3) is 0 Å². The molecule has 2 aliphatic rings. The Balaban J connectivity index is 1.79. The molecule has 2 rings (SSSR count). The number of aldehydes is 1. The first-order chi connectivity index (χ1) is 14.1. The molecule has 2 aliphatic carbocycles. The molecule has 3 unspecified atom stereocenters. The number of likely N-dealkylation sites (N-methyl/N-ethyl adjacent to an activating group) is 1. The number of nitrogens with zero attached hydrogens (tertiary/aromatic N) is 1. The smallest absolute Gasteiger partial charge is 0.120 e. The molecular weight excluding hydrogens is 366 g/mol. The average molecular weight is 408 g/mol. The van der Waals surface area contributed by atoms with E-state index >= 15 is 0 Å². The summed E-state index contributed by atoms with van der Waals surface area (Å²) in [6.07, 6.45) is 15.3. The number of ether oxygens (including phenoxy) is 1. The van der Waals surface area contributed by atoms with Crippen molar-refractivity contribution in [1.82, 2.24) is 15.5 Å². The molecule has 1 saturated carbocycles. The predicted molar refractivity (Wildman–Crippen MR) is 118 cm³/mol. The molecule has 3 atom stereocenters. The molecule has 0 saturated heterocycles. The van der Waals surface area contributed by atoms with Gasteiger partial charge in [-0.25, -0.2) is 0 Å². The van der Waals surface area contributed by atoms with E-state index in [9.17, 15) is 4.79 Å². The minimum absolute atomic E-state index is 0.0207. The summed E-state index contributed by atoms with van der Waals surface area (Å²) in [6, 6.07) is 0.624. The van der Waals surface area contributed by atoms with Gasteiger partial charge in [-0.15, -0.1) is 0 Å². The molecule has 3 N–H and O–H groups in total. The molecule has 0 heterocycles. The fourth-order valence-electron chi connectivity index (χ4n) is 4.23. The van der Waals surface area contributed by atoms with Crippen LogP contribution in [0, 0.1) is 11.8 Å². The Kier molecular flexibility index (Phi) is 11.5. The lowest BCUT2D eigenvalue weighted by atomic mass is 9.96. The molecule has 0 aromatic rings. The number of carbonyl (C=O) groups is 1. The average Bonchev–Trinajstić information content (AvgIpc) is 2.89. The van der Waals surface area contributed by atoms with Crippen molar-refractivity contribution in [2.75, 3.05) is 40.0 Å². The Morgan fingerprint density at radius 1 is 1.34 bits per heavy atom. The topological polar surface area (TPSA) is 73.8 Å². The van der Waals surface area contributed by atoms with E-state index in [4.69, 9.17) is 9.84 Å². The van der Waals surface area contributed by atoms with Crippen molar-refractivity contribution < 1.29 is 14.6 Å². The van der Waals surface area contributed by atoms with Crippen LogP contribution in [-0.4, -0.2) is 68.5 Å². The van der Waals surface area contributed by atoms with E-state index in [0.717, 1.165) is 31.6 Å². The molecule has 0 aromatic heterocycles. The van der Waals surface area contributed by atoms with Crippen molar-refractivity contribution in [2.24, 2.45) is 11.8 Å². The third-order valence-electron chi connectivity index (χ3n) is 5.83. The molecule has 0 bridgehead atoms. The van der Waals surface area contributed by atoms with Gasteiger partial charge in [0.25, 0.3) is 0 Å². The van der Waals surface area contributed by atoms with Gasteiger partial charge in [-0.3, -0.25) is 5.32 Å². The van der Waals surface area contributed by atoms with Gasteiger partial charge in [-0.2, -0.15) is 0 Å². The third-order valence-corrected chi connectivity index (χ3v) is 5.83. The van der Waals surface area contributed by atoms with E-state index in [2.05, 4.69) is 40.7 Å². The second-order valence-electron chi connectivity index (χ2n) is 8.73. The molecular formula is C23H41N3O3. The third kappa shape index (κ3) is 9.90. The highest BCUT2D eigenvalue weighted by molar-refractivity contribution is 5.50. The number of aliphatic hydroxyl groups is 1. The summed E-state index contributed by atoms with van der Waals surface area (Å²) in [5.74, 6) is 0.579. The zero-order chi connectivity index (χ0) is 20.9. The van der Waals surface area contributed by atoms with Crippen LogP contribution in [0.3, 0.4) is 0 Å². The highest BCUT2D eigenvalue weighted by Crippen LogP contribution is 2.22. The van der Waals surface area contributed by atoms with Crippen molar-refractivity contribution in [3.63, 3.8) is 0 Å². The molecule has 166 valence electrons. The van der Waals surface area contributed by atoms with Gasteiger partial charge in [0.15, 0.2) is 0 Å². The molecule has 0 amide bonds. The summed E-state index contributed by atoms with van der Waals surface area (Å²) >= 11 is 0. The van der Waals surface area contributed by atoms with Crippen LogP contribution in [0.5, 0.6) is 0 Å². The fourth-order valence-corrected chi connectivity index (χ4v) is 4.23. The van der Waals surface area contributed by atoms with Gasteiger partial charge in [0.05, 0.1) is 26.0 Å². The molecule has 0 spiro atoms. The van der Waals surface area contributed by atoms with Crippen LogP contribution in [-0.2, 0) is 9.53 Å². The second-order valence-corrected chi connectivity index (χ2v) is 8.73. The maximum absolute atomic E-state index is 11.1. The summed E-state index contributed by atoms with van der Waals surface area (Å²) in [7, 11) is 2.02. The van der Waals surface area contributed by atoms with E-state index in [0.29, 0.717) is 31.5 Å². The lowest BCUT2D eigenvalue weighted by Gasteiger charge is -2.23. The van der Waals surface area contributed by atoms with Gasteiger partial charge in [-0.1, -0.05) is 38.3 Å². The second kappa shape index (κ2) is 13.9. The Morgan fingerprint density at radius 3 is 2.86 bits per heavy atom. The normalized spacial score (nSPS) is 24.2. The van der Waals surface area contributed by atoms with Crippen LogP contribution in [0.1, 0.15) is 51.9 Å². The number of hydrogen-bond acceptors (Lipinski definition) is 6. The van der Waals surface area contributed by atoms with Crippen LogP contribution in [0.4, 0.5) is 0 Å². The minimum Gasteiger partial charge on any atom is -0.395 e. The zero-order valence-electron chi connectivity index (χ0n) is 18.3. The zero-order valence-corrected chi connectivity index (χ0v) is 18.3. The first-order valence-electron chi connectivity index (χ1n) is 11.3. The van der Waals surface area contributed by atoms with E-state index < -0.39 is 0 Å². The van der Waals surface area contributed by atoms with Crippen molar-refractivity contribution >= 4 is 6.29 Å². The number of rotatable bonds is 13. The minimum atomic E-state index is 0.0207. The van der Waals surface area contributed by atoms with E-state index in [1.807, 2.05) is 7.05 Å². The lowest BCUT2D eigenvalue weighted by molar-refractivity contribution is -0.108. The Labute approximate surface area is 176 Å². The summed E-state index contributed by atoms with van der Waals surface area (Å²) in [6.45, 7) is 5.35. The number of aliphatic hydroxyl groups excluding tert-OH is 1. The number of hydrogen-bond donors (Lipinski definition) is 3. The highest BCUT2D eigenvalue weighted by Gasteiger charge is 2.19. The van der Waals surface area contributed by atoms with Crippen molar-refractivity contribution in [3.05, 3.63) is 23.9 Å². The Bertz CT molecular complexity index is 517. The Hall–Kier alpha value is -1.21. The first-order valence-corrected chi connectivity index (χ1v) is 11.3. The summed E-state index contributed by atoms with van der Waals surface area (Å²) in [4.78, 5) is 13.2. The lowest BCUT2D eigenvalue weighted by Crippen LogP contribution is -2.37. The number of carbonyl (C=O) groups excluding carboxylic acids is 1. The molecule has 0 aliphatic heterocycles. The summed E-state index contributed by atoms with van der Waals surface area (Å²) < 4.78 is 6.16. The predicted octanol–water partition coefficient (Wildman–Crippen LogP) is 2.45. The monoisotopic (exact) mass is 407 g/mol. The molecule has 0 aromatic carbocycles. The van der Waals surface area contributed by atoms with Crippen LogP contribution >= 0.6 is 0 Å². The number of allylic oxidation sites excluding steroid dienone is 2.